The minimum absolute atomic E-state index is 0.00301. The molecule has 1 aromatic carbocycles. The predicted molar refractivity (Wildman–Crippen MR) is 79.2 cm³/mol. The summed E-state index contributed by atoms with van der Waals surface area (Å²) < 4.78 is 42.8. The van der Waals surface area contributed by atoms with E-state index in [1.165, 1.54) is 18.3 Å². The molecule has 0 aliphatic rings. The Balaban J connectivity index is 2.37. The second kappa shape index (κ2) is 6.59. The van der Waals surface area contributed by atoms with E-state index in [0.29, 0.717) is 11.3 Å². The number of rotatable bonds is 4. The number of aryl methyl sites for hydroxylation is 1. The Labute approximate surface area is 134 Å². The maximum absolute atomic E-state index is 12.7. The minimum atomic E-state index is -4.68. The fourth-order valence-corrected chi connectivity index (χ4v) is 1.97. The van der Waals surface area contributed by atoms with Gasteiger partial charge in [0.15, 0.2) is 11.0 Å². The molecule has 0 saturated heterocycles. The van der Waals surface area contributed by atoms with Gasteiger partial charge >= 0.3 is 6.18 Å². The molecule has 0 spiro atoms. The van der Waals surface area contributed by atoms with Crippen molar-refractivity contribution >= 4 is 17.4 Å². The largest absolute Gasteiger partial charge is 0.478 e. The van der Waals surface area contributed by atoms with Crippen molar-refractivity contribution in [3.8, 4) is 17.0 Å². The molecule has 0 aliphatic heterocycles. The summed E-state index contributed by atoms with van der Waals surface area (Å²) in [6.45, 7) is 0.568. The van der Waals surface area contributed by atoms with Crippen molar-refractivity contribution < 1.29 is 23.0 Å². The van der Waals surface area contributed by atoms with E-state index in [2.05, 4.69) is 9.97 Å². The number of alkyl halides is 3. The highest BCUT2D eigenvalue weighted by atomic mass is 35.5. The van der Waals surface area contributed by atoms with Crippen LogP contribution >= 0.6 is 11.6 Å². The number of aliphatic hydroxyl groups is 1. The van der Waals surface area contributed by atoms with Crippen molar-refractivity contribution in [2.75, 3.05) is 12.3 Å². The van der Waals surface area contributed by atoms with Crippen LogP contribution in [0.1, 0.15) is 5.56 Å². The van der Waals surface area contributed by atoms with E-state index in [1.807, 2.05) is 0 Å². The molecular weight excluding hydrogens is 335 g/mol. The summed E-state index contributed by atoms with van der Waals surface area (Å²) in [5, 5.41) is 8.83. The van der Waals surface area contributed by atoms with Gasteiger partial charge in [-0.2, -0.15) is 13.2 Å². The third-order valence-corrected chi connectivity index (χ3v) is 3.33. The maximum atomic E-state index is 12.7. The quantitative estimate of drug-likeness (QED) is 0.888. The first-order valence-corrected chi connectivity index (χ1v) is 6.83. The average molecular weight is 348 g/mol. The normalized spacial score (nSPS) is 13.0. The van der Waals surface area contributed by atoms with Crippen LogP contribution in [0.2, 0.25) is 5.15 Å². The van der Waals surface area contributed by atoms with Gasteiger partial charge in [-0.05, 0) is 24.6 Å². The van der Waals surface area contributed by atoms with Crippen LogP contribution in [0.4, 0.5) is 19.0 Å². The van der Waals surface area contributed by atoms with Gasteiger partial charge in [0.05, 0.1) is 18.5 Å². The van der Waals surface area contributed by atoms with Crippen LogP contribution in [-0.4, -0.2) is 34.0 Å². The van der Waals surface area contributed by atoms with Gasteiger partial charge in [0, 0.05) is 5.56 Å². The van der Waals surface area contributed by atoms with Crippen molar-refractivity contribution in [2.24, 2.45) is 0 Å². The Morgan fingerprint density at radius 1 is 1.39 bits per heavy atom. The number of hydrogen-bond donors (Lipinski definition) is 2. The molecule has 1 unspecified atom stereocenters. The molecule has 0 bridgehead atoms. The summed E-state index contributed by atoms with van der Waals surface area (Å²) in [4.78, 5) is 7.91. The SMILES string of the molecule is Cc1ccc(OC(CO)C(F)(F)F)cc1-c1cnc(N)c(Cl)n1. The summed E-state index contributed by atoms with van der Waals surface area (Å²) >= 11 is 5.81. The number of benzene rings is 1. The molecule has 1 atom stereocenters. The number of hydrogen-bond acceptors (Lipinski definition) is 5. The van der Waals surface area contributed by atoms with E-state index >= 15 is 0 Å². The average Bonchev–Trinajstić information content (AvgIpc) is 2.48. The van der Waals surface area contributed by atoms with Crippen LogP contribution in [0.5, 0.6) is 5.75 Å². The minimum Gasteiger partial charge on any atom is -0.478 e. The molecule has 5 nitrogen and oxygen atoms in total. The number of ether oxygens (including phenoxy) is 1. The molecule has 124 valence electrons. The molecule has 0 aliphatic carbocycles. The Bertz CT molecular complexity index is 710. The molecule has 0 radical (unpaired) electrons. The molecule has 0 fully saturated rings. The Kier molecular flexibility index (Phi) is 4.96. The van der Waals surface area contributed by atoms with Gasteiger partial charge in [-0.15, -0.1) is 0 Å². The summed E-state index contributed by atoms with van der Waals surface area (Å²) in [7, 11) is 0. The van der Waals surface area contributed by atoms with Gasteiger partial charge < -0.3 is 15.6 Å². The zero-order chi connectivity index (χ0) is 17.2. The van der Waals surface area contributed by atoms with Gasteiger partial charge in [0.1, 0.15) is 5.75 Å². The summed E-state index contributed by atoms with van der Waals surface area (Å²) in [5.41, 5.74) is 7.06. The van der Waals surface area contributed by atoms with Gasteiger partial charge in [-0.25, -0.2) is 9.97 Å². The number of nitrogen functional groups attached to an aromatic ring is 1. The number of nitrogens with zero attached hydrogens (tertiary/aromatic N) is 2. The molecule has 9 heteroatoms. The third kappa shape index (κ3) is 4.02. The molecule has 3 N–H and O–H groups in total. The molecule has 2 rings (SSSR count). The van der Waals surface area contributed by atoms with Crippen molar-refractivity contribution in [1.82, 2.24) is 9.97 Å². The van der Waals surface area contributed by atoms with Crippen molar-refractivity contribution in [3.05, 3.63) is 35.1 Å². The van der Waals surface area contributed by atoms with E-state index in [-0.39, 0.29) is 16.7 Å². The van der Waals surface area contributed by atoms with Crippen LogP contribution in [0.25, 0.3) is 11.3 Å². The number of aromatic nitrogens is 2. The second-order valence-corrected chi connectivity index (χ2v) is 5.10. The van der Waals surface area contributed by atoms with Crippen molar-refractivity contribution in [2.45, 2.75) is 19.2 Å². The third-order valence-electron chi connectivity index (χ3n) is 3.05. The van der Waals surface area contributed by atoms with Crippen LogP contribution in [0, 0.1) is 6.92 Å². The van der Waals surface area contributed by atoms with Crippen LogP contribution in [0.3, 0.4) is 0 Å². The first-order valence-electron chi connectivity index (χ1n) is 6.45. The van der Waals surface area contributed by atoms with Crippen LogP contribution < -0.4 is 10.5 Å². The smallest absolute Gasteiger partial charge is 0.427 e. The van der Waals surface area contributed by atoms with Crippen molar-refractivity contribution in [3.63, 3.8) is 0 Å². The summed E-state index contributed by atoms with van der Waals surface area (Å²) in [5.74, 6) is -0.00499. The number of nitrogens with two attached hydrogens (primary N) is 1. The number of halogens is 4. The van der Waals surface area contributed by atoms with Crippen LogP contribution in [-0.2, 0) is 0 Å². The first kappa shape index (κ1) is 17.3. The topological polar surface area (TPSA) is 81.3 Å². The van der Waals surface area contributed by atoms with Gasteiger partial charge in [0.25, 0.3) is 0 Å². The van der Waals surface area contributed by atoms with E-state index in [9.17, 15) is 13.2 Å². The number of anilines is 1. The van der Waals surface area contributed by atoms with E-state index in [4.69, 9.17) is 27.2 Å². The first-order chi connectivity index (χ1) is 10.7. The lowest BCUT2D eigenvalue weighted by molar-refractivity contribution is -0.204. The molecule has 0 saturated carbocycles. The standard InChI is InChI=1S/C14H13ClF3N3O2/c1-7-2-3-8(23-11(6-22)14(16,17)18)4-9(7)10-5-20-13(19)12(15)21-10/h2-5,11,22H,6H2,1H3,(H2,19,20). The molecule has 1 heterocycles. The highest BCUT2D eigenvalue weighted by molar-refractivity contribution is 6.31. The van der Waals surface area contributed by atoms with Gasteiger partial charge in [0.2, 0.25) is 6.10 Å². The molecule has 1 aromatic heterocycles. The van der Waals surface area contributed by atoms with Gasteiger partial charge in [-0.1, -0.05) is 17.7 Å². The fraction of sp³-hybridized carbons (Fsp3) is 0.286. The highest BCUT2D eigenvalue weighted by Gasteiger charge is 2.41. The molecule has 23 heavy (non-hydrogen) atoms. The molecule has 2 aromatic rings. The van der Waals surface area contributed by atoms with E-state index in [0.717, 1.165) is 5.56 Å². The monoisotopic (exact) mass is 347 g/mol. The zero-order valence-electron chi connectivity index (χ0n) is 11.9. The van der Waals surface area contributed by atoms with Gasteiger partial charge in [-0.3, -0.25) is 0 Å². The highest BCUT2D eigenvalue weighted by Crippen LogP contribution is 2.30. The number of aliphatic hydroxyl groups excluding tert-OH is 1. The lowest BCUT2D eigenvalue weighted by Crippen LogP contribution is -2.37. The molecular formula is C14H13ClF3N3O2. The summed E-state index contributed by atoms with van der Waals surface area (Å²) in [6.07, 6.45) is -5.62. The summed E-state index contributed by atoms with van der Waals surface area (Å²) in [6, 6.07) is 4.32. The Hall–Kier alpha value is -2.06. The zero-order valence-corrected chi connectivity index (χ0v) is 12.7. The maximum Gasteiger partial charge on any atom is 0.427 e. The Morgan fingerprint density at radius 3 is 2.65 bits per heavy atom. The second-order valence-electron chi connectivity index (χ2n) is 4.74. The fourth-order valence-electron chi connectivity index (χ4n) is 1.83. The van der Waals surface area contributed by atoms with E-state index in [1.54, 1.807) is 13.0 Å². The van der Waals surface area contributed by atoms with Crippen LogP contribution in [0.15, 0.2) is 24.4 Å². The molecule has 0 amide bonds. The van der Waals surface area contributed by atoms with E-state index < -0.39 is 18.9 Å². The Morgan fingerprint density at radius 2 is 2.09 bits per heavy atom. The lowest BCUT2D eigenvalue weighted by Gasteiger charge is -2.20. The van der Waals surface area contributed by atoms with Crippen molar-refractivity contribution in [1.29, 1.82) is 0 Å². The lowest BCUT2D eigenvalue weighted by atomic mass is 10.1. The predicted octanol–water partition coefficient (Wildman–Crippen LogP) is 2.99.